The summed E-state index contributed by atoms with van der Waals surface area (Å²) >= 11 is 0. The lowest BCUT2D eigenvalue weighted by atomic mass is 10.0. The summed E-state index contributed by atoms with van der Waals surface area (Å²) in [6, 6.07) is 35.5. The first-order chi connectivity index (χ1) is 21.8. The fourth-order valence-electron chi connectivity index (χ4n) is 6.84. The topological polar surface area (TPSA) is 74.3 Å². The molecule has 7 nitrogen and oxygen atoms in total. The quantitative estimate of drug-likeness (QED) is 0.198. The van der Waals surface area contributed by atoms with Crippen LogP contribution < -0.4 is 0 Å². The molecule has 10 aromatic rings. The van der Waals surface area contributed by atoms with E-state index in [4.69, 9.17) is 19.9 Å². The number of aromatic nitrogens is 7. The number of nitrogens with zero attached hydrogens (tertiary/aromatic N) is 7. The van der Waals surface area contributed by atoms with Gasteiger partial charge in [-0.1, -0.05) is 78.9 Å². The fraction of sp³-hybridized carbons (Fsp3) is 0. The molecule has 204 valence electrons. The minimum atomic E-state index is 0.587. The highest BCUT2D eigenvalue weighted by molar-refractivity contribution is 6.23. The first-order valence-corrected chi connectivity index (χ1v) is 14.5. The van der Waals surface area contributed by atoms with Gasteiger partial charge in [0, 0.05) is 57.1 Å². The molecular formula is C37H21N7. The molecule has 0 spiro atoms. The maximum absolute atomic E-state index is 5.29. The Bertz CT molecular complexity index is 2490. The maximum atomic E-state index is 5.29. The van der Waals surface area contributed by atoms with Crippen LogP contribution in [-0.4, -0.2) is 34.1 Å². The van der Waals surface area contributed by atoms with Crippen LogP contribution in [0.25, 0.3) is 88.1 Å². The van der Waals surface area contributed by atoms with E-state index in [-0.39, 0.29) is 0 Å². The van der Waals surface area contributed by atoms with Crippen molar-refractivity contribution < 1.29 is 0 Å². The van der Waals surface area contributed by atoms with Crippen LogP contribution in [0.3, 0.4) is 0 Å². The van der Waals surface area contributed by atoms with Gasteiger partial charge in [0.2, 0.25) is 11.9 Å². The highest BCUT2D eigenvalue weighted by Gasteiger charge is 2.19. The summed E-state index contributed by atoms with van der Waals surface area (Å²) < 4.78 is 4.26. The summed E-state index contributed by atoms with van der Waals surface area (Å²) in [7, 11) is 0. The third kappa shape index (κ3) is 3.07. The van der Waals surface area contributed by atoms with Crippen LogP contribution in [0.1, 0.15) is 0 Å². The van der Waals surface area contributed by atoms with E-state index in [9.17, 15) is 0 Å². The molecule has 0 aliphatic rings. The van der Waals surface area contributed by atoms with E-state index in [2.05, 4.69) is 99.0 Å². The molecule has 0 radical (unpaired) electrons. The Morgan fingerprint density at radius 1 is 0.364 bits per heavy atom. The monoisotopic (exact) mass is 563 g/mol. The Balaban J connectivity index is 1.33. The van der Waals surface area contributed by atoms with Gasteiger partial charge in [-0.05, 0) is 35.0 Å². The molecule has 0 aliphatic carbocycles. The molecule has 0 saturated heterocycles. The molecule has 0 saturated carbocycles. The normalized spacial score (nSPS) is 12.1. The zero-order valence-electron chi connectivity index (χ0n) is 23.3. The van der Waals surface area contributed by atoms with Crippen molar-refractivity contribution >= 4 is 76.2 Å². The van der Waals surface area contributed by atoms with Crippen molar-refractivity contribution in [2.24, 2.45) is 0 Å². The Kier molecular flexibility index (Phi) is 4.60. The number of pyridine rings is 1. The van der Waals surface area contributed by atoms with Gasteiger partial charge < -0.3 is 0 Å². The molecule has 10 rings (SSSR count). The summed E-state index contributed by atoms with van der Waals surface area (Å²) in [5, 5.41) is 8.55. The number of para-hydroxylation sites is 3. The summed E-state index contributed by atoms with van der Waals surface area (Å²) in [5.41, 5.74) is 5.73. The first kappa shape index (κ1) is 23.4. The van der Waals surface area contributed by atoms with Crippen LogP contribution in [0.15, 0.2) is 128 Å². The molecule has 5 heterocycles. The van der Waals surface area contributed by atoms with Crippen LogP contribution in [0, 0.1) is 0 Å². The predicted octanol–water partition coefficient (Wildman–Crippen LogP) is 8.32. The van der Waals surface area contributed by atoms with Crippen molar-refractivity contribution in [1.82, 2.24) is 34.1 Å². The van der Waals surface area contributed by atoms with Crippen LogP contribution >= 0.6 is 0 Å². The average Bonchev–Trinajstić information content (AvgIpc) is 3.61. The predicted molar refractivity (Wildman–Crippen MR) is 177 cm³/mol. The number of benzene rings is 5. The van der Waals surface area contributed by atoms with Crippen molar-refractivity contribution in [2.45, 2.75) is 0 Å². The van der Waals surface area contributed by atoms with Crippen LogP contribution in [-0.2, 0) is 0 Å². The molecule has 5 aromatic carbocycles. The zero-order valence-corrected chi connectivity index (χ0v) is 23.3. The van der Waals surface area contributed by atoms with Gasteiger partial charge in [0.25, 0.3) is 0 Å². The molecule has 0 atom stereocenters. The lowest BCUT2D eigenvalue weighted by Crippen LogP contribution is -2.04. The maximum Gasteiger partial charge on any atom is 0.235 e. The molecule has 0 unspecified atom stereocenters. The lowest BCUT2D eigenvalue weighted by molar-refractivity contribution is 1.00. The fourth-order valence-corrected chi connectivity index (χ4v) is 6.84. The highest BCUT2D eigenvalue weighted by atomic mass is 15.2. The highest BCUT2D eigenvalue weighted by Crippen LogP contribution is 2.36. The van der Waals surface area contributed by atoms with Crippen molar-refractivity contribution in [3.63, 3.8) is 0 Å². The molecule has 5 aromatic heterocycles. The second-order valence-electron chi connectivity index (χ2n) is 11.0. The van der Waals surface area contributed by atoms with Gasteiger partial charge >= 0.3 is 0 Å². The molecule has 7 heteroatoms. The Morgan fingerprint density at radius 2 is 0.773 bits per heavy atom. The van der Waals surface area contributed by atoms with Crippen molar-refractivity contribution in [2.75, 3.05) is 0 Å². The smallest absolute Gasteiger partial charge is 0.235 e. The van der Waals surface area contributed by atoms with Crippen LogP contribution in [0.5, 0.6) is 0 Å². The van der Waals surface area contributed by atoms with Gasteiger partial charge in [0.15, 0.2) is 0 Å². The first-order valence-electron chi connectivity index (χ1n) is 14.5. The van der Waals surface area contributed by atoms with Gasteiger partial charge in [-0.2, -0.15) is 0 Å². The molecule has 0 fully saturated rings. The summed E-state index contributed by atoms with van der Waals surface area (Å²) in [6.45, 7) is 0. The van der Waals surface area contributed by atoms with Gasteiger partial charge in [0.05, 0.1) is 22.1 Å². The van der Waals surface area contributed by atoms with Crippen LogP contribution in [0.2, 0.25) is 0 Å². The van der Waals surface area contributed by atoms with Crippen LogP contribution in [0.4, 0.5) is 0 Å². The molecular weight excluding hydrogens is 542 g/mol. The van der Waals surface area contributed by atoms with E-state index in [0.29, 0.717) is 11.9 Å². The number of fused-ring (bicyclic) bond motifs is 12. The van der Waals surface area contributed by atoms with Gasteiger partial charge in [0.1, 0.15) is 11.0 Å². The second kappa shape index (κ2) is 8.65. The third-order valence-electron chi connectivity index (χ3n) is 8.74. The lowest BCUT2D eigenvalue weighted by Gasteiger charge is -2.13. The minimum absolute atomic E-state index is 0.587. The Hall–Kier alpha value is -6.21. The zero-order chi connectivity index (χ0) is 28.8. The largest absolute Gasteiger partial charge is 0.278 e. The Labute approximate surface area is 249 Å². The van der Waals surface area contributed by atoms with Crippen molar-refractivity contribution in [1.29, 1.82) is 0 Å². The third-order valence-corrected chi connectivity index (χ3v) is 8.74. The van der Waals surface area contributed by atoms with E-state index in [0.717, 1.165) is 65.4 Å². The van der Waals surface area contributed by atoms with E-state index in [1.54, 1.807) is 0 Å². The average molecular weight is 564 g/mol. The van der Waals surface area contributed by atoms with E-state index >= 15 is 0 Å². The summed E-state index contributed by atoms with van der Waals surface area (Å²) in [6.07, 6.45) is 7.59. The molecule has 44 heavy (non-hydrogen) atoms. The van der Waals surface area contributed by atoms with Gasteiger partial charge in [-0.15, -0.1) is 0 Å². The molecule has 0 aliphatic heterocycles. The number of rotatable bonds is 2. The second-order valence-corrected chi connectivity index (χ2v) is 11.0. The van der Waals surface area contributed by atoms with E-state index in [1.165, 1.54) is 10.8 Å². The summed E-state index contributed by atoms with van der Waals surface area (Å²) in [4.78, 5) is 24.9. The standard InChI is InChI=1S/C37H21N7/c1-2-10-23-22(9-1)28-20-39-36(43-30-14-6-3-11-24(30)25-12-4-7-15-31(25)43)41-34(28)35-29(23)21-40-37(42-35)44-32-16-8-5-13-26(32)27-19-38-18-17-33(27)44/h1-21H. The molecule has 0 N–H and O–H groups in total. The minimum Gasteiger partial charge on any atom is -0.278 e. The number of hydrogen-bond acceptors (Lipinski definition) is 5. The molecule has 0 bridgehead atoms. The SMILES string of the molecule is c1ccc2c(c1)c1cnc(-n3c4ccccc4c4ccccc43)nc1c1nc(-n3c4ccccc4c4cnccc43)ncc21. The van der Waals surface area contributed by atoms with E-state index in [1.807, 2.05) is 43.0 Å². The van der Waals surface area contributed by atoms with Gasteiger partial charge in [-0.3, -0.25) is 14.1 Å². The van der Waals surface area contributed by atoms with Crippen molar-refractivity contribution in [3.8, 4) is 11.9 Å². The molecule has 0 amide bonds. The summed E-state index contributed by atoms with van der Waals surface area (Å²) in [5.74, 6) is 1.19. The Morgan fingerprint density at radius 3 is 1.27 bits per heavy atom. The van der Waals surface area contributed by atoms with E-state index < -0.39 is 0 Å². The van der Waals surface area contributed by atoms with Gasteiger partial charge in [-0.25, -0.2) is 19.9 Å². The number of hydrogen-bond donors (Lipinski definition) is 0. The van der Waals surface area contributed by atoms with Crippen molar-refractivity contribution in [3.05, 3.63) is 128 Å².